The van der Waals surface area contributed by atoms with Gasteiger partial charge in [0.05, 0.1) is 22.1 Å². The van der Waals surface area contributed by atoms with Crippen molar-refractivity contribution in [2.24, 2.45) is 0 Å². The van der Waals surface area contributed by atoms with Gasteiger partial charge in [0.15, 0.2) is 0 Å². The lowest BCUT2D eigenvalue weighted by Gasteiger charge is -2.14. The van der Waals surface area contributed by atoms with Crippen molar-refractivity contribution in [3.63, 3.8) is 0 Å². The summed E-state index contributed by atoms with van der Waals surface area (Å²) in [5.74, 6) is 0.646. The van der Waals surface area contributed by atoms with Gasteiger partial charge in [0.2, 0.25) is 0 Å². The number of aryl methyl sites for hydroxylation is 3. The van der Waals surface area contributed by atoms with E-state index in [2.05, 4.69) is 37.8 Å². The lowest BCUT2D eigenvalue weighted by Crippen LogP contribution is -2.17. The highest BCUT2D eigenvalue weighted by atomic mass is 32.1. The number of thiophene rings is 1. The number of aromatic amines is 1. The van der Waals surface area contributed by atoms with Crippen molar-refractivity contribution >= 4 is 38.6 Å². The van der Waals surface area contributed by atoms with Crippen LogP contribution in [0.5, 0.6) is 0 Å². The fourth-order valence-electron chi connectivity index (χ4n) is 3.03. The third-order valence-corrected chi connectivity index (χ3v) is 6.53. The molecule has 5 nitrogen and oxygen atoms in total. The first-order valence-corrected chi connectivity index (χ1v) is 10.4. The van der Waals surface area contributed by atoms with Crippen molar-refractivity contribution in [2.45, 2.75) is 33.7 Å². The number of hydrogen-bond donors (Lipinski definition) is 2. The summed E-state index contributed by atoms with van der Waals surface area (Å²) in [6.45, 7) is 7.99. The summed E-state index contributed by atoms with van der Waals surface area (Å²) in [5, 5.41) is 7.24. The molecule has 4 rings (SSSR count). The molecule has 1 unspecified atom stereocenters. The average Bonchev–Trinajstić information content (AvgIpc) is 3.19. The van der Waals surface area contributed by atoms with Crippen LogP contribution in [0.15, 0.2) is 34.4 Å². The van der Waals surface area contributed by atoms with Crippen LogP contribution in [0.25, 0.3) is 21.5 Å². The summed E-state index contributed by atoms with van der Waals surface area (Å²) in [6.07, 6.45) is 0. The van der Waals surface area contributed by atoms with Crippen LogP contribution in [0.3, 0.4) is 0 Å². The standard InChI is InChI=1S/C20H20N4OS2/c1-10-12(3)27-20-17(10)19(25)23-18(24-20)11(2)21-15-7-5-14(6-8-15)16-9-26-13(4)22-16/h5-9,11,21H,1-4H3,(H,23,24,25). The molecule has 4 aromatic rings. The van der Waals surface area contributed by atoms with Gasteiger partial charge in [-0.05, 0) is 45.4 Å². The molecule has 0 aliphatic heterocycles. The molecule has 27 heavy (non-hydrogen) atoms. The number of nitrogens with zero attached hydrogens (tertiary/aromatic N) is 2. The Morgan fingerprint density at radius 2 is 1.85 bits per heavy atom. The van der Waals surface area contributed by atoms with Crippen LogP contribution in [0.4, 0.5) is 5.69 Å². The Kier molecular flexibility index (Phi) is 4.57. The Morgan fingerprint density at radius 1 is 1.11 bits per heavy atom. The fraction of sp³-hybridized carbons (Fsp3) is 0.250. The van der Waals surface area contributed by atoms with E-state index in [0.717, 1.165) is 37.2 Å². The van der Waals surface area contributed by atoms with Gasteiger partial charge in [-0.25, -0.2) is 9.97 Å². The number of rotatable bonds is 4. The van der Waals surface area contributed by atoms with Gasteiger partial charge >= 0.3 is 0 Å². The Bertz CT molecular complexity index is 1170. The van der Waals surface area contributed by atoms with Crippen LogP contribution in [-0.2, 0) is 0 Å². The largest absolute Gasteiger partial charge is 0.375 e. The van der Waals surface area contributed by atoms with E-state index in [1.54, 1.807) is 22.7 Å². The van der Waals surface area contributed by atoms with E-state index in [9.17, 15) is 4.79 Å². The van der Waals surface area contributed by atoms with E-state index in [4.69, 9.17) is 0 Å². The molecule has 1 aromatic carbocycles. The Morgan fingerprint density at radius 3 is 2.52 bits per heavy atom. The summed E-state index contributed by atoms with van der Waals surface area (Å²) in [4.78, 5) is 26.5. The maximum absolute atomic E-state index is 12.5. The first-order chi connectivity index (χ1) is 12.9. The zero-order valence-electron chi connectivity index (χ0n) is 15.6. The van der Waals surface area contributed by atoms with Crippen molar-refractivity contribution in [3.05, 3.63) is 61.3 Å². The van der Waals surface area contributed by atoms with Gasteiger partial charge in [0.25, 0.3) is 5.56 Å². The number of aromatic nitrogens is 3. The highest BCUT2D eigenvalue weighted by Gasteiger charge is 2.15. The van der Waals surface area contributed by atoms with E-state index < -0.39 is 0 Å². The van der Waals surface area contributed by atoms with Crippen LogP contribution in [0, 0.1) is 20.8 Å². The van der Waals surface area contributed by atoms with Gasteiger partial charge in [0.1, 0.15) is 10.7 Å². The van der Waals surface area contributed by atoms with Crippen LogP contribution in [-0.4, -0.2) is 15.0 Å². The first-order valence-electron chi connectivity index (χ1n) is 8.71. The lowest BCUT2D eigenvalue weighted by atomic mass is 10.1. The number of H-pyrrole nitrogens is 1. The van der Waals surface area contributed by atoms with Crippen LogP contribution in [0.2, 0.25) is 0 Å². The Labute approximate surface area is 165 Å². The highest BCUT2D eigenvalue weighted by molar-refractivity contribution is 7.18. The molecule has 7 heteroatoms. The molecule has 0 saturated heterocycles. The van der Waals surface area contributed by atoms with Crippen molar-refractivity contribution < 1.29 is 0 Å². The second-order valence-corrected chi connectivity index (χ2v) is 8.88. The summed E-state index contributed by atoms with van der Waals surface area (Å²) in [7, 11) is 0. The average molecular weight is 397 g/mol. The molecule has 0 amide bonds. The summed E-state index contributed by atoms with van der Waals surface area (Å²) < 4.78 is 0. The predicted octanol–water partition coefficient (Wildman–Crippen LogP) is 5.21. The number of benzene rings is 1. The maximum atomic E-state index is 12.5. The molecule has 0 saturated carbocycles. The number of hydrogen-bond acceptors (Lipinski definition) is 6. The van der Waals surface area contributed by atoms with E-state index >= 15 is 0 Å². The van der Waals surface area contributed by atoms with E-state index in [0.29, 0.717) is 11.2 Å². The molecule has 0 bridgehead atoms. The lowest BCUT2D eigenvalue weighted by molar-refractivity contribution is 0.792. The molecule has 3 heterocycles. The molecular formula is C20H20N4OS2. The zero-order valence-corrected chi connectivity index (χ0v) is 17.2. The minimum Gasteiger partial charge on any atom is -0.375 e. The molecule has 2 N–H and O–H groups in total. The maximum Gasteiger partial charge on any atom is 0.259 e. The summed E-state index contributed by atoms with van der Waals surface area (Å²) in [6, 6.07) is 8.04. The van der Waals surface area contributed by atoms with Gasteiger partial charge in [0, 0.05) is 21.5 Å². The monoisotopic (exact) mass is 396 g/mol. The number of nitrogens with one attached hydrogen (secondary N) is 2. The van der Waals surface area contributed by atoms with Gasteiger partial charge in [-0.2, -0.15) is 0 Å². The molecule has 0 aliphatic carbocycles. The second-order valence-electron chi connectivity index (χ2n) is 6.61. The molecule has 1 atom stereocenters. The minimum absolute atomic E-state index is 0.0697. The Hall–Kier alpha value is -2.51. The van der Waals surface area contributed by atoms with Crippen LogP contribution < -0.4 is 10.9 Å². The van der Waals surface area contributed by atoms with Crippen molar-refractivity contribution in [1.29, 1.82) is 0 Å². The molecule has 138 valence electrons. The predicted molar refractivity (Wildman–Crippen MR) is 114 cm³/mol. The minimum atomic E-state index is -0.114. The van der Waals surface area contributed by atoms with Crippen molar-refractivity contribution in [1.82, 2.24) is 15.0 Å². The molecule has 0 radical (unpaired) electrons. The van der Waals surface area contributed by atoms with E-state index in [1.165, 1.54) is 0 Å². The number of anilines is 1. The topological polar surface area (TPSA) is 70.7 Å². The van der Waals surface area contributed by atoms with Gasteiger partial charge in [-0.3, -0.25) is 4.79 Å². The third kappa shape index (κ3) is 3.40. The van der Waals surface area contributed by atoms with Gasteiger partial charge in [-0.1, -0.05) is 12.1 Å². The summed E-state index contributed by atoms with van der Waals surface area (Å²) in [5.41, 5.74) is 4.01. The fourth-order valence-corrected chi connectivity index (χ4v) is 4.69. The quantitative estimate of drug-likeness (QED) is 0.497. The smallest absolute Gasteiger partial charge is 0.259 e. The second kappa shape index (κ2) is 6.90. The highest BCUT2D eigenvalue weighted by Crippen LogP contribution is 2.28. The first kappa shape index (κ1) is 17.9. The molecule has 3 aromatic heterocycles. The molecule has 0 spiro atoms. The van der Waals surface area contributed by atoms with Crippen molar-refractivity contribution in [2.75, 3.05) is 5.32 Å². The molecule has 0 fully saturated rings. The zero-order chi connectivity index (χ0) is 19.1. The number of thiazole rings is 1. The molecule has 0 aliphatic rings. The van der Waals surface area contributed by atoms with E-state index in [1.807, 2.05) is 39.8 Å². The number of fused-ring (bicyclic) bond motifs is 1. The Balaban J connectivity index is 1.58. The SMILES string of the molecule is Cc1nc(-c2ccc(NC(C)c3nc4sc(C)c(C)c4c(=O)[nH]3)cc2)cs1. The normalized spacial score (nSPS) is 12.4. The molecular weight excluding hydrogens is 376 g/mol. The van der Waals surface area contributed by atoms with E-state index in [-0.39, 0.29) is 11.6 Å². The van der Waals surface area contributed by atoms with Crippen LogP contribution in [0.1, 0.15) is 34.2 Å². The van der Waals surface area contributed by atoms with Gasteiger partial charge in [-0.15, -0.1) is 22.7 Å². The van der Waals surface area contributed by atoms with Crippen LogP contribution >= 0.6 is 22.7 Å². The summed E-state index contributed by atoms with van der Waals surface area (Å²) >= 11 is 3.22. The van der Waals surface area contributed by atoms with Crippen molar-refractivity contribution in [3.8, 4) is 11.3 Å². The van der Waals surface area contributed by atoms with Gasteiger partial charge < -0.3 is 10.3 Å². The third-order valence-electron chi connectivity index (χ3n) is 4.65.